The molecule has 1 atom stereocenters. The quantitative estimate of drug-likeness (QED) is 0.849. The first-order valence-corrected chi connectivity index (χ1v) is 7.94. The van der Waals surface area contributed by atoms with E-state index in [1.807, 2.05) is 54.3 Å². The van der Waals surface area contributed by atoms with Gasteiger partial charge in [0, 0.05) is 11.7 Å². The summed E-state index contributed by atoms with van der Waals surface area (Å²) in [7, 11) is 0. The summed E-state index contributed by atoms with van der Waals surface area (Å²) in [6.45, 7) is 4.67. The van der Waals surface area contributed by atoms with Gasteiger partial charge >= 0.3 is 0 Å². The number of carbonyl (C=O) groups is 1. The van der Waals surface area contributed by atoms with Crippen molar-refractivity contribution in [2.75, 3.05) is 18.1 Å². The topological polar surface area (TPSA) is 38.8 Å². The van der Waals surface area contributed by atoms with Gasteiger partial charge in [0.05, 0.1) is 6.61 Å². The lowest BCUT2D eigenvalue weighted by molar-refractivity contribution is -0.120. The molecule has 1 heterocycles. The number of amides is 1. The summed E-state index contributed by atoms with van der Waals surface area (Å²) in [5.74, 6) is 1.45. The van der Waals surface area contributed by atoms with Gasteiger partial charge in [0.1, 0.15) is 11.5 Å². The van der Waals surface area contributed by atoms with Crippen LogP contribution in [0.25, 0.3) is 0 Å². The number of hydrogen-bond acceptors (Lipinski definition) is 3. The molecule has 0 bridgehead atoms. The van der Waals surface area contributed by atoms with Gasteiger partial charge in [-0.25, -0.2) is 0 Å². The fourth-order valence-electron chi connectivity index (χ4n) is 2.96. The molecule has 0 saturated heterocycles. The standard InChI is InChI=1S/C19H21NO3/c1-3-22-16-8-10-17(11-9-16)23-13-19(21)20-14(2)12-15-6-4-5-7-18(15)20/h4-11,14H,3,12-13H2,1-2H3. The average Bonchev–Trinajstić information content (AvgIpc) is 2.90. The molecule has 1 aliphatic heterocycles. The highest BCUT2D eigenvalue weighted by atomic mass is 16.5. The van der Waals surface area contributed by atoms with Crippen molar-refractivity contribution in [3.05, 3.63) is 54.1 Å². The first-order chi connectivity index (χ1) is 11.2. The van der Waals surface area contributed by atoms with Crippen LogP contribution in [0.3, 0.4) is 0 Å². The third kappa shape index (κ3) is 3.31. The van der Waals surface area contributed by atoms with Crippen LogP contribution < -0.4 is 14.4 Å². The Morgan fingerprint density at radius 1 is 1.09 bits per heavy atom. The van der Waals surface area contributed by atoms with Crippen LogP contribution in [0.2, 0.25) is 0 Å². The van der Waals surface area contributed by atoms with Crippen LogP contribution in [-0.2, 0) is 11.2 Å². The van der Waals surface area contributed by atoms with Gasteiger partial charge in [-0.05, 0) is 56.2 Å². The molecule has 1 unspecified atom stereocenters. The first kappa shape index (κ1) is 15.4. The summed E-state index contributed by atoms with van der Waals surface area (Å²) < 4.78 is 11.0. The van der Waals surface area contributed by atoms with E-state index in [-0.39, 0.29) is 18.6 Å². The fourth-order valence-corrected chi connectivity index (χ4v) is 2.96. The monoisotopic (exact) mass is 311 g/mol. The second-order valence-corrected chi connectivity index (χ2v) is 5.64. The van der Waals surface area contributed by atoms with E-state index in [0.29, 0.717) is 12.4 Å². The third-order valence-corrected chi connectivity index (χ3v) is 3.97. The molecule has 120 valence electrons. The minimum atomic E-state index is -0.0173. The van der Waals surface area contributed by atoms with E-state index in [1.54, 1.807) is 0 Å². The van der Waals surface area contributed by atoms with Crippen LogP contribution >= 0.6 is 0 Å². The van der Waals surface area contributed by atoms with E-state index in [0.717, 1.165) is 17.9 Å². The predicted octanol–water partition coefficient (Wildman–Crippen LogP) is 3.44. The lowest BCUT2D eigenvalue weighted by Gasteiger charge is -2.22. The molecule has 0 aliphatic carbocycles. The summed E-state index contributed by atoms with van der Waals surface area (Å²) in [5, 5.41) is 0. The predicted molar refractivity (Wildman–Crippen MR) is 90.2 cm³/mol. The van der Waals surface area contributed by atoms with Crippen molar-refractivity contribution in [1.82, 2.24) is 0 Å². The minimum absolute atomic E-state index is 0.0173. The fraction of sp³-hybridized carbons (Fsp3) is 0.316. The molecule has 3 rings (SSSR count). The maximum Gasteiger partial charge on any atom is 0.265 e. The van der Waals surface area contributed by atoms with Crippen LogP contribution in [0.15, 0.2) is 48.5 Å². The molecular formula is C19H21NO3. The van der Waals surface area contributed by atoms with Gasteiger partial charge in [-0.15, -0.1) is 0 Å². The minimum Gasteiger partial charge on any atom is -0.494 e. The Kier molecular flexibility index (Phi) is 4.51. The molecule has 1 amide bonds. The lowest BCUT2D eigenvalue weighted by Crippen LogP contribution is -2.39. The molecule has 0 N–H and O–H groups in total. The molecule has 0 aromatic heterocycles. The van der Waals surface area contributed by atoms with Gasteiger partial charge in [0.2, 0.25) is 0 Å². The molecule has 0 fully saturated rings. The Labute approximate surface area is 136 Å². The Hall–Kier alpha value is -2.49. The highest BCUT2D eigenvalue weighted by Gasteiger charge is 2.30. The molecule has 0 radical (unpaired) electrons. The van der Waals surface area contributed by atoms with Crippen LogP contribution in [0.1, 0.15) is 19.4 Å². The number of carbonyl (C=O) groups excluding carboxylic acids is 1. The van der Waals surface area contributed by atoms with E-state index in [9.17, 15) is 4.79 Å². The van der Waals surface area contributed by atoms with Crippen molar-refractivity contribution in [3.8, 4) is 11.5 Å². The molecule has 2 aromatic rings. The van der Waals surface area contributed by atoms with E-state index in [2.05, 4.69) is 13.0 Å². The lowest BCUT2D eigenvalue weighted by atomic mass is 10.1. The number of benzene rings is 2. The second kappa shape index (κ2) is 6.73. The number of fused-ring (bicyclic) bond motifs is 1. The SMILES string of the molecule is CCOc1ccc(OCC(=O)N2c3ccccc3CC2C)cc1. The van der Waals surface area contributed by atoms with E-state index in [1.165, 1.54) is 5.56 Å². The molecule has 4 nitrogen and oxygen atoms in total. The van der Waals surface area contributed by atoms with Gasteiger partial charge in [-0.1, -0.05) is 18.2 Å². The highest BCUT2D eigenvalue weighted by Crippen LogP contribution is 2.31. The van der Waals surface area contributed by atoms with Gasteiger partial charge in [-0.2, -0.15) is 0 Å². The van der Waals surface area contributed by atoms with Crippen molar-refractivity contribution >= 4 is 11.6 Å². The van der Waals surface area contributed by atoms with Crippen LogP contribution in [0, 0.1) is 0 Å². The number of para-hydroxylation sites is 1. The Balaban J connectivity index is 1.63. The molecule has 1 aliphatic rings. The van der Waals surface area contributed by atoms with Crippen molar-refractivity contribution in [3.63, 3.8) is 0 Å². The molecule has 23 heavy (non-hydrogen) atoms. The van der Waals surface area contributed by atoms with Gasteiger partial charge in [0.15, 0.2) is 6.61 Å². The van der Waals surface area contributed by atoms with Gasteiger partial charge in [0.25, 0.3) is 5.91 Å². The van der Waals surface area contributed by atoms with Gasteiger partial charge < -0.3 is 14.4 Å². The number of rotatable bonds is 5. The third-order valence-electron chi connectivity index (χ3n) is 3.97. The van der Waals surface area contributed by atoms with Crippen LogP contribution in [0.5, 0.6) is 11.5 Å². The molecule has 0 saturated carbocycles. The number of hydrogen-bond donors (Lipinski definition) is 0. The zero-order valence-electron chi connectivity index (χ0n) is 13.5. The molecule has 4 heteroatoms. The zero-order valence-corrected chi connectivity index (χ0v) is 13.5. The molecular weight excluding hydrogens is 290 g/mol. The van der Waals surface area contributed by atoms with Crippen molar-refractivity contribution < 1.29 is 14.3 Å². The number of nitrogens with zero attached hydrogens (tertiary/aromatic N) is 1. The smallest absolute Gasteiger partial charge is 0.265 e. The Morgan fingerprint density at radius 2 is 1.74 bits per heavy atom. The highest BCUT2D eigenvalue weighted by molar-refractivity contribution is 5.97. The number of ether oxygens (including phenoxy) is 2. The Bertz CT molecular complexity index is 681. The Morgan fingerprint density at radius 3 is 2.43 bits per heavy atom. The van der Waals surface area contributed by atoms with E-state index < -0.39 is 0 Å². The largest absolute Gasteiger partial charge is 0.494 e. The summed E-state index contributed by atoms with van der Waals surface area (Å²) in [5.41, 5.74) is 2.22. The first-order valence-electron chi connectivity index (χ1n) is 7.94. The van der Waals surface area contributed by atoms with Crippen molar-refractivity contribution in [1.29, 1.82) is 0 Å². The zero-order chi connectivity index (χ0) is 16.2. The van der Waals surface area contributed by atoms with Gasteiger partial charge in [-0.3, -0.25) is 4.79 Å². The van der Waals surface area contributed by atoms with Crippen molar-refractivity contribution in [2.45, 2.75) is 26.3 Å². The van der Waals surface area contributed by atoms with E-state index >= 15 is 0 Å². The summed E-state index contributed by atoms with van der Waals surface area (Å²) in [6.07, 6.45) is 0.894. The maximum absolute atomic E-state index is 12.5. The van der Waals surface area contributed by atoms with Crippen LogP contribution in [0.4, 0.5) is 5.69 Å². The summed E-state index contributed by atoms with van der Waals surface area (Å²) in [6, 6.07) is 15.5. The summed E-state index contributed by atoms with van der Waals surface area (Å²) in [4.78, 5) is 14.4. The molecule has 2 aromatic carbocycles. The average molecular weight is 311 g/mol. The number of anilines is 1. The maximum atomic E-state index is 12.5. The second-order valence-electron chi connectivity index (χ2n) is 5.64. The van der Waals surface area contributed by atoms with E-state index in [4.69, 9.17) is 9.47 Å². The molecule has 0 spiro atoms. The van der Waals surface area contributed by atoms with Crippen LogP contribution in [-0.4, -0.2) is 25.2 Å². The summed E-state index contributed by atoms with van der Waals surface area (Å²) >= 11 is 0. The van der Waals surface area contributed by atoms with Crippen molar-refractivity contribution in [2.24, 2.45) is 0 Å². The normalized spacial score (nSPS) is 16.1.